The molecule has 0 aromatic carbocycles. The summed E-state index contributed by atoms with van der Waals surface area (Å²) in [4.78, 5) is 12.7. The fourth-order valence-corrected chi connectivity index (χ4v) is 2.84. The van der Waals surface area contributed by atoms with Crippen molar-refractivity contribution >= 4 is 33.3 Å². The van der Waals surface area contributed by atoms with E-state index in [2.05, 4.69) is 47.4 Å². The standard InChI is InChI=1S/C14H22N4S/c1-4-7-9-18(6-3)12-11-8-10-19-13(11)17-14(16-12)15-5-2/h8,10H,4-7,9H2,1-3H3,(H,15,16,17). The number of nitrogens with zero attached hydrogens (tertiary/aromatic N) is 3. The zero-order chi connectivity index (χ0) is 13.7. The minimum absolute atomic E-state index is 0.738. The van der Waals surface area contributed by atoms with Crippen LogP contribution in [-0.4, -0.2) is 29.6 Å². The lowest BCUT2D eigenvalue weighted by atomic mass is 10.3. The molecule has 0 saturated heterocycles. The summed E-state index contributed by atoms with van der Waals surface area (Å²) in [6, 6.07) is 2.12. The van der Waals surface area contributed by atoms with Crippen LogP contribution < -0.4 is 10.2 Å². The maximum Gasteiger partial charge on any atom is 0.226 e. The molecule has 0 aliphatic heterocycles. The lowest BCUT2D eigenvalue weighted by molar-refractivity contribution is 0.726. The largest absolute Gasteiger partial charge is 0.356 e. The molecule has 0 aliphatic rings. The monoisotopic (exact) mass is 278 g/mol. The number of thiophene rings is 1. The van der Waals surface area contributed by atoms with E-state index in [0.717, 1.165) is 36.2 Å². The lowest BCUT2D eigenvalue weighted by Crippen LogP contribution is -2.25. The number of unbranched alkanes of at least 4 members (excludes halogenated alkanes) is 1. The molecule has 0 aliphatic carbocycles. The molecule has 2 aromatic heterocycles. The third kappa shape index (κ3) is 3.15. The number of hydrogen-bond acceptors (Lipinski definition) is 5. The molecule has 19 heavy (non-hydrogen) atoms. The highest BCUT2D eigenvalue weighted by Gasteiger charge is 2.13. The highest BCUT2D eigenvalue weighted by Crippen LogP contribution is 2.29. The molecule has 2 rings (SSSR count). The minimum Gasteiger partial charge on any atom is -0.356 e. The Bertz CT molecular complexity index is 523. The number of aromatic nitrogens is 2. The van der Waals surface area contributed by atoms with Gasteiger partial charge in [0.2, 0.25) is 5.95 Å². The van der Waals surface area contributed by atoms with Gasteiger partial charge in [-0.3, -0.25) is 0 Å². The number of nitrogens with one attached hydrogen (secondary N) is 1. The molecular weight excluding hydrogens is 256 g/mol. The maximum atomic E-state index is 4.70. The second-order valence-corrected chi connectivity index (χ2v) is 5.37. The van der Waals surface area contributed by atoms with Gasteiger partial charge in [-0.25, -0.2) is 4.98 Å². The molecule has 2 heterocycles. The summed E-state index contributed by atoms with van der Waals surface area (Å²) in [5.41, 5.74) is 0. The normalized spacial score (nSPS) is 10.9. The first-order valence-corrected chi connectivity index (χ1v) is 7.92. The van der Waals surface area contributed by atoms with Crippen molar-refractivity contribution in [2.24, 2.45) is 0 Å². The molecule has 0 bridgehead atoms. The van der Waals surface area contributed by atoms with Crippen LogP contribution in [0.25, 0.3) is 10.2 Å². The van der Waals surface area contributed by atoms with E-state index in [-0.39, 0.29) is 0 Å². The zero-order valence-corrected chi connectivity index (χ0v) is 12.8. The average molecular weight is 278 g/mol. The van der Waals surface area contributed by atoms with Crippen molar-refractivity contribution in [3.8, 4) is 0 Å². The predicted molar refractivity (Wildman–Crippen MR) is 84.4 cm³/mol. The highest BCUT2D eigenvalue weighted by atomic mass is 32.1. The minimum atomic E-state index is 0.738. The molecule has 0 fully saturated rings. The van der Waals surface area contributed by atoms with Crippen molar-refractivity contribution in [2.75, 3.05) is 29.9 Å². The van der Waals surface area contributed by atoms with Crippen LogP contribution in [0.2, 0.25) is 0 Å². The second-order valence-electron chi connectivity index (χ2n) is 4.47. The summed E-state index contributed by atoms with van der Waals surface area (Å²) in [5, 5.41) is 6.48. The first kappa shape index (κ1) is 14.1. The van der Waals surface area contributed by atoms with Gasteiger partial charge in [0.1, 0.15) is 10.6 Å². The van der Waals surface area contributed by atoms with E-state index >= 15 is 0 Å². The molecule has 104 valence electrons. The number of anilines is 2. The Morgan fingerprint density at radius 2 is 2.11 bits per heavy atom. The van der Waals surface area contributed by atoms with Gasteiger partial charge >= 0.3 is 0 Å². The van der Waals surface area contributed by atoms with Crippen LogP contribution in [0, 0.1) is 0 Å². The van der Waals surface area contributed by atoms with Crippen molar-refractivity contribution < 1.29 is 0 Å². The summed E-state index contributed by atoms with van der Waals surface area (Å²) in [6.45, 7) is 9.35. The van der Waals surface area contributed by atoms with Crippen molar-refractivity contribution in [1.82, 2.24) is 9.97 Å². The fraction of sp³-hybridized carbons (Fsp3) is 0.571. The van der Waals surface area contributed by atoms with Crippen LogP contribution >= 0.6 is 11.3 Å². The van der Waals surface area contributed by atoms with E-state index < -0.39 is 0 Å². The molecule has 0 unspecified atom stereocenters. The summed E-state index contributed by atoms with van der Waals surface area (Å²) in [5.74, 6) is 1.81. The number of fused-ring (bicyclic) bond motifs is 1. The van der Waals surface area contributed by atoms with Crippen LogP contribution in [0.1, 0.15) is 33.6 Å². The fourth-order valence-electron chi connectivity index (χ4n) is 2.08. The topological polar surface area (TPSA) is 41.1 Å². The summed E-state index contributed by atoms with van der Waals surface area (Å²) in [6.07, 6.45) is 2.40. The average Bonchev–Trinajstić information content (AvgIpc) is 2.88. The van der Waals surface area contributed by atoms with Crippen LogP contribution in [-0.2, 0) is 0 Å². The Hall–Kier alpha value is -1.36. The highest BCUT2D eigenvalue weighted by molar-refractivity contribution is 7.16. The van der Waals surface area contributed by atoms with Crippen LogP contribution in [0.15, 0.2) is 11.4 Å². The van der Waals surface area contributed by atoms with E-state index in [1.54, 1.807) is 11.3 Å². The third-order valence-electron chi connectivity index (χ3n) is 3.10. The van der Waals surface area contributed by atoms with E-state index in [1.165, 1.54) is 18.2 Å². The maximum absolute atomic E-state index is 4.70. The van der Waals surface area contributed by atoms with Gasteiger partial charge in [0, 0.05) is 19.6 Å². The van der Waals surface area contributed by atoms with E-state index in [0.29, 0.717) is 0 Å². The Morgan fingerprint density at radius 1 is 1.26 bits per heavy atom. The van der Waals surface area contributed by atoms with E-state index in [4.69, 9.17) is 4.98 Å². The first-order chi connectivity index (χ1) is 9.30. The summed E-state index contributed by atoms with van der Waals surface area (Å²) < 4.78 is 0. The summed E-state index contributed by atoms with van der Waals surface area (Å²) in [7, 11) is 0. The van der Waals surface area contributed by atoms with Crippen LogP contribution in [0.4, 0.5) is 11.8 Å². The molecule has 5 heteroatoms. The van der Waals surface area contributed by atoms with Gasteiger partial charge in [0.25, 0.3) is 0 Å². The zero-order valence-electron chi connectivity index (χ0n) is 11.9. The molecule has 0 saturated carbocycles. The molecule has 0 spiro atoms. The van der Waals surface area contributed by atoms with Gasteiger partial charge in [-0.15, -0.1) is 11.3 Å². The van der Waals surface area contributed by atoms with Crippen molar-refractivity contribution in [3.05, 3.63) is 11.4 Å². The van der Waals surface area contributed by atoms with Crippen LogP contribution in [0.5, 0.6) is 0 Å². The Labute approximate surface area is 118 Å². The quantitative estimate of drug-likeness (QED) is 0.837. The lowest BCUT2D eigenvalue weighted by Gasteiger charge is -2.23. The van der Waals surface area contributed by atoms with Crippen molar-refractivity contribution in [2.45, 2.75) is 33.6 Å². The van der Waals surface area contributed by atoms with Crippen molar-refractivity contribution in [1.29, 1.82) is 0 Å². The second kappa shape index (κ2) is 6.70. The predicted octanol–water partition coefficient (Wildman–Crippen LogP) is 3.75. The Balaban J connectivity index is 2.40. The Kier molecular flexibility index (Phi) is 4.96. The molecule has 4 nitrogen and oxygen atoms in total. The Morgan fingerprint density at radius 3 is 2.79 bits per heavy atom. The van der Waals surface area contributed by atoms with Gasteiger partial charge in [-0.2, -0.15) is 4.98 Å². The van der Waals surface area contributed by atoms with Gasteiger partial charge in [-0.1, -0.05) is 13.3 Å². The smallest absolute Gasteiger partial charge is 0.226 e. The van der Waals surface area contributed by atoms with Crippen LogP contribution in [0.3, 0.4) is 0 Å². The molecule has 0 amide bonds. The SMILES string of the molecule is CCCCN(CC)c1nc(NCC)nc2sccc12. The molecule has 1 N–H and O–H groups in total. The first-order valence-electron chi connectivity index (χ1n) is 7.04. The molecule has 0 radical (unpaired) electrons. The summed E-state index contributed by atoms with van der Waals surface area (Å²) >= 11 is 1.68. The van der Waals surface area contributed by atoms with Gasteiger partial charge < -0.3 is 10.2 Å². The van der Waals surface area contributed by atoms with E-state index in [9.17, 15) is 0 Å². The van der Waals surface area contributed by atoms with Crippen molar-refractivity contribution in [3.63, 3.8) is 0 Å². The number of rotatable bonds is 7. The van der Waals surface area contributed by atoms with Gasteiger partial charge in [-0.05, 0) is 31.7 Å². The molecule has 0 atom stereocenters. The number of hydrogen-bond donors (Lipinski definition) is 1. The van der Waals surface area contributed by atoms with Gasteiger partial charge in [0.15, 0.2) is 0 Å². The third-order valence-corrected chi connectivity index (χ3v) is 3.91. The van der Waals surface area contributed by atoms with Gasteiger partial charge in [0.05, 0.1) is 5.39 Å². The molecule has 2 aromatic rings. The van der Waals surface area contributed by atoms with E-state index in [1.807, 2.05) is 0 Å². The molecular formula is C14H22N4S.